The highest BCUT2D eigenvalue weighted by atomic mass is 15.1. The molecule has 4 nitrogen and oxygen atoms in total. The molecular formula is C18H14N4. The molecule has 4 heteroatoms. The highest BCUT2D eigenvalue weighted by Crippen LogP contribution is 2.26. The lowest BCUT2D eigenvalue weighted by Gasteiger charge is -2.09. The van der Waals surface area contributed by atoms with E-state index in [1.54, 1.807) is 12.4 Å². The Bertz CT molecular complexity index is 924. The molecule has 0 atom stereocenters. The number of imidazole rings is 1. The molecule has 106 valence electrons. The SMILES string of the molecule is Cc1ccc(-n2c(-c3cccnc3)nc3cccnc32)cc1. The number of fused-ring (bicyclic) bond motifs is 1. The summed E-state index contributed by atoms with van der Waals surface area (Å²) in [6.07, 6.45) is 5.38. The van der Waals surface area contributed by atoms with Crippen LogP contribution >= 0.6 is 0 Å². The van der Waals surface area contributed by atoms with E-state index in [1.165, 1.54) is 5.56 Å². The average molecular weight is 286 g/mol. The lowest BCUT2D eigenvalue weighted by molar-refractivity contribution is 1.07. The van der Waals surface area contributed by atoms with Crippen LogP contribution in [0.3, 0.4) is 0 Å². The second-order valence-corrected chi connectivity index (χ2v) is 5.19. The Labute approximate surface area is 128 Å². The van der Waals surface area contributed by atoms with Crippen LogP contribution in [0.1, 0.15) is 5.56 Å². The van der Waals surface area contributed by atoms with Crippen molar-refractivity contribution < 1.29 is 0 Å². The zero-order chi connectivity index (χ0) is 14.9. The van der Waals surface area contributed by atoms with Crippen LogP contribution in [0.25, 0.3) is 28.2 Å². The smallest absolute Gasteiger partial charge is 0.164 e. The minimum absolute atomic E-state index is 0.852. The number of hydrogen-bond donors (Lipinski definition) is 0. The van der Waals surface area contributed by atoms with E-state index in [0.29, 0.717) is 0 Å². The standard InChI is InChI=1S/C18H14N4/c1-13-6-8-15(9-7-13)22-17(14-4-2-10-19-12-14)21-16-5-3-11-20-18(16)22/h2-12H,1H3. The van der Waals surface area contributed by atoms with Gasteiger partial charge in [-0.05, 0) is 43.3 Å². The molecule has 3 heterocycles. The molecule has 0 spiro atoms. The first-order valence-corrected chi connectivity index (χ1v) is 7.14. The van der Waals surface area contributed by atoms with Gasteiger partial charge in [0, 0.05) is 29.8 Å². The molecule has 0 N–H and O–H groups in total. The maximum atomic E-state index is 4.74. The summed E-state index contributed by atoms with van der Waals surface area (Å²) < 4.78 is 2.08. The van der Waals surface area contributed by atoms with Gasteiger partial charge in [-0.2, -0.15) is 0 Å². The van der Waals surface area contributed by atoms with Gasteiger partial charge < -0.3 is 0 Å². The van der Waals surface area contributed by atoms with Crippen LogP contribution < -0.4 is 0 Å². The Morgan fingerprint density at radius 1 is 0.909 bits per heavy atom. The molecule has 0 fully saturated rings. The van der Waals surface area contributed by atoms with Gasteiger partial charge in [0.15, 0.2) is 5.65 Å². The molecule has 0 aliphatic carbocycles. The number of pyridine rings is 2. The molecule has 0 unspecified atom stereocenters. The fourth-order valence-corrected chi connectivity index (χ4v) is 2.54. The van der Waals surface area contributed by atoms with Gasteiger partial charge in [-0.3, -0.25) is 9.55 Å². The molecule has 0 amide bonds. The van der Waals surface area contributed by atoms with Crippen molar-refractivity contribution in [3.05, 3.63) is 72.7 Å². The number of aromatic nitrogens is 4. The van der Waals surface area contributed by atoms with Crippen LogP contribution in [0.5, 0.6) is 0 Å². The maximum Gasteiger partial charge on any atom is 0.164 e. The average Bonchev–Trinajstić information content (AvgIpc) is 2.96. The lowest BCUT2D eigenvalue weighted by atomic mass is 10.2. The minimum Gasteiger partial charge on any atom is -0.277 e. The van der Waals surface area contributed by atoms with E-state index in [-0.39, 0.29) is 0 Å². The van der Waals surface area contributed by atoms with Gasteiger partial charge in [0.2, 0.25) is 0 Å². The zero-order valence-electron chi connectivity index (χ0n) is 12.1. The molecule has 0 saturated heterocycles. The molecule has 0 aliphatic rings. The van der Waals surface area contributed by atoms with Crippen molar-refractivity contribution in [3.63, 3.8) is 0 Å². The quantitative estimate of drug-likeness (QED) is 0.563. The molecule has 0 aliphatic heterocycles. The monoisotopic (exact) mass is 286 g/mol. The second kappa shape index (κ2) is 5.07. The molecule has 4 aromatic rings. The normalized spacial score (nSPS) is 11.0. The highest BCUT2D eigenvalue weighted by Gasteiger charge is 2.14. The first-order chi connectivity index (χ1) is 10.8. The largest absolute Gasteiger partial charge is 0.277 e. The number of nitrogens with zero attached hydrogens (tertiary/aromatic N) is 4. The Balaban J connectivity index is 2.04. The van der Waals surface area contributed by atoms with E-state index in [2.05, 4.69) is 45.7 Å². The Morgan fingerprint density at radius 3 is 2.50 bits per heavy atom. The van der Waals surface area contributed by atoms with Crippen molar-refractivity contribution in [2.24, 2.45) is 0 Å². The van der Waals surface area contributed by atoms with E-state index in [1.807, 2.05) is 30.5 Å². The van der Waals surface area contributed by atoms with Crippen molar-refractivity contribution in [2.45, 2.75) is 6.92 Å². The molecule has 1 aromatic carbocycles. The van der Waals surface area contributed by atoms with Gasteiger partial charge in [-0.1, -0.05) is 17.7 Å². The molecule has 0 bridgehead atoms. The lowest BCUT2D eigenvalue weighted by Crippen LogP contribution is -1.98. The molecule has 0 saturated carbocycles. The van der Waals surface area contributed by atoms with E-state index in [9.17, 15) is 0 Å². The molecule has 22 heavy (non-hydrogen) atoms. The van der Waals surface area contributed by atoms with Crippen molar-refractivity contribution in [3.8, 4) is 17.1 Å². The van der Waals surface area contributed by atoms with Crippen LogP contribution in [0.4, 0.5) is 0 Å². The van der Waals surface area contributed by atoms with Gasteiger partial charge in [-0.15, -0.1) is 0 Å². The summed E-state index contributed by atoms with van der Waals surface area (Å²) in [5, 5.41) is 0. The van der Waals surface area contributed by atoms with E-state index >= 15 is 0 Å². The minimum atomic E-state index is 0.852. The van der Waals surface area contributed by atoms with Crippen LogP contribution in [-0.2, 0) is 0 Å². The first-order valence-electron chi connectivity index (χ1n) is 7.14. The van der Waals surface area contributed by atoms with Gasteiger partial charge >= 0.3 is 0 Å². The number of rotatable bonds is 2. The predicted octanol–water partition coefficient (Wildman–Crippen LogP) is 3.79. The van der Waals surface area contributed by atoms with E-state index in [0.717, 1.165) is 28.2 Å². The fourth-order valence-electron chi connectivity index (χ4n) is 2.54. The summed E-state index contributed by atoms with van der Waals surface area (Å²) in [6.45, 7) is 2.08. The van der Waals surface area contributed by atoms with E-state index < -0.39 is 0 Å². The van der Waals surface area contributed by atoms with Gasteiger partial charge in [0.1, 0.15) is 11.3 Å². The number of aryl methyl sites for hydroxylation is 1. The van der Waals surface area contributed by atoms with Crippen LogP contribution in [0.15, 0.2) is 67.1 Å². The number of hydrogen-bond acceptors (Lipinski definition) is 3. The van der Waals surface area contributed by atoms with Crippen LogP contribution in [-0.4, -0.2) is 19.5 Å². The third-order valence-electron chi connectivity index (χ3n) is 3.63. The van der Waals surface area contributed by atoms with Crippen molar-refractivity contribution >= 4 is 11.2 Å². The molecular weight excluding hydrogens is 272 g/mol. The number of benzene rings is 1. The van der Waals surface area contributed by atoms with Crippen molar-refractivity contribution in [2.75, 3.05) is 0 Å². The Morgan fingerprint density at radius 2 is 1.73 bits per heavy atom. The Kier molecular flexibility index (Phi) is 2.93. The topological polar surface area (TPSA) is 43.6 Å². The third-order valence-corrected chi connectivity index (χ3v) is 3.63. The van der Waals surface area contributed by atoms with E-state index in [4.69, 9.17) is 4.98 Å². The van der Waals surface area contributed by atoms with Crippen molar-refractivity contribution in [1.82, 2.24) is 19.5 Å². The third kappa shape index (κ3) is 2.05. The van der Waals surface area contributed by atoms with Gasteiger partial charge in [0.25, 0.3) is 0 Å². The van der Waals surface area contributed by atoms with Gasteiger partial charge in [-0.25, -0.2) is 9.97 Å². The first kappa shape index (κ1) is 12.7. The zero-order valence-corrected chi connectivity index (χ0v) is 12.1. The van der Waals surface area contributed by atoms with Crippen molar-refractivity contribution in [1.29, 1.82) is 0 Å². The summed E-state index contributed by atoms with van der Waals surface area (Å²) in [5.41, 5.74) is 4.97. The molecule has 3 aromatic heterocycles. The van der Waals surface area contributed by atoms with Crippen LogP contribution in [0, 0.1) is 6.92 Å². The summed E-state index contributed by atoms with van der Waals surface area (Å²) in [6, 6.07) is 16.2. The summed E-state index contributed by atoms with van der Waals surface area (Å²) >= 11 is 0. The highest BCUT2D eigenvalue weighted by molar-refractivity contribution is 5.79. The fraction of sp³-hybridized carbons (Fsp3) is 0.0556. The summed E-state index contributed by atoms with van der Waals surface area (Å²) in [4.78, 5) is 13.5. The van der Waals surface area contributed by atoms with Gasteiger partial charge in [0.05, 0.1) is 0 Å². The second-order valence-electron chi connectivity index (χ2n) is 5.19. The summed E-state index contributed by atoms with van der Waals surface area (Å²) in [7, 11) is 0. The molecule has 4 rings (SSSR count). The maximum absolute atomic E-state index is 4.74. The Hall–Kier alpha value is -3.01. The summed E-state index contributed by atoms with van der Waals surface area (Å²) in [5.74, 6) is 0.852. The molecule has 0 radical (unpaired) electrons. The predicted molar refractivity (Wildman–Crippen MR) is 86.8 cm³/mol. The van der Waals surface area contributed by atoms with Crippen LogP contribution in [0.2, 0.25) is 0 Å².